The van der Waals surface area contributed by atoms with Gasteiger partial charge in [0.1, 0.15) is 16.7 Å². The molecule has 21 heavy (non-hydrogen) atoms. The van der Waals surface area contributed by atoms with E-state index in [1.54, 1.807) is 6.21 Å². The number of hydrogen-bond donors (Lipinski definition) is 0. The summed E-state index contributed by atoms with van der Waals surface area (Å²) < 4.78 is 18.6. The Morgan fingerprint density at radius 3 is 2.62 bits per heavy atom. The molecule has 0 amide bonds. The number of rotatable bonds is 3. The fraction of sp³-hybridized carbons (Fsp3) is 0.467. The van der Waals surface area contributed by atoms with Gasteiger partial charge in [-0.25, -0.2) is 9.19 Å². The van der Waals surface area contributed by atoms with Crippen LogP contribution in [-0.4, -0.2) is 24.6 Å². The molecule has 0 saturated heterocycles. The van der Waals surface area contributed by atoms with E-state index in [1.165, 1.54) is 5.56 Å². The van der Waals surface area contributed by atoms with Crippen molar-refractivity contribution in [3.05, 3.63) is 34.2 Å². The molecule has 6 heteroatoms. The molecule has 0 spiro atoms. The maximum atomic E-state index is 11.9. The lowest BCUT2D eigenvalue weighted by Crippen LogP contribution is -2.19. The third-order valence-electron chi connectivity index (χ3n) is 3.02. The Labute approximate surface area is 136 Å². The quantitative estimate of drug-likeness (QED) is 0.764. The largest absolute Gasteiger partial charge is 0.305 e. The molecule has 0 saturated carbocycles. The summed E-state index contributed by atoms with van der Waals surface area (Å²) in [5.41, 5.74) is 2.77. The Balaban J connectivity index is 2.38. The minimum absolute atomic E-state index is 0.360. The van der Waals surface area contributed by atoms with Crippen LogP contribution in [0.3, 0.4) is 0 Å². The molecule has 0 unspecified atom stereocenters. The van der Waals surface area contributed by atoms with E-state index in [2.05, 4.69) is 51.4 Å². The van der Waals surface area contributed by atoms with Crippen molar-refractivity contribution in [1.82, 2.24) is 9.38 Å². The lowest BCUT2D eigenvalue weighted by Gasteiger charge is -2.12. The number of nitrogens with zero attached hydrogens (tertiary/aromatic N) is 3. The molecular weight excluding hydrogens is 350 g/mol. The average Bonchev–Trinajstić information content (AvgIpc) is 2.78. The van der Waals surface area contributed by atoms with Crippen LogP contribution in [0.5, 0.6) is 0 Å². The first kappa shape index (κ1) is 16.4. The van der Waals surface area contributed by atoms with Gasteiger partial charge in [-0.2, -0.15) is 4.40 Å². The Morgan fingerprint density at radius 1 is 1.38 bits per heavy atom. The molecule has 1 atom stereocenters. The Bertz CT molecular complexity index is 714. The molecule has 0 fully saturated rings. The van der Waals surface area contributed by atoms with E-state index in [9.17, 15) is 4.21 Å². The molecule has 0 aliphatic carbocycles. The van der Waals surface area contributed by atoms with Crippen molar-refractivity contribution >= 4 is 38.8 Å². The predicted molar refractivity (Wildman–Crippen MR) is 92.5 cm³/mol. The van der Waals surface area contributed by atoms with Crippen LogP contribution in [0.1, 0.15) is 51.8 Å². The van der Waals surface area contributed by atoms with E-state index in [-0.39, 0.29) is 4.75 Å². The van der Waals surface area contributed by atoms with E-state index in [1.807, 2.05) is 31.4 Å². The van der Waals surface area contributed by atoms with Gasteiger partial charge in [0, 0.05) is 12.4 Å². The minimum Gasteiger partial charge on any atom is -0.305 e. The molecule has 4 nitrogen and oxygen atoms in total. The molecule has 0 bridgehead atoms. The fourth-order valence-corrected chi connectivity index (χ4v) is 2.81. The molecule has 0 aromatic carbocycles. The Morgan fingerprint density at radius 2 is 2.05 bits per heavy atom. The third kappa shape index (κ3) is 3.80. The molecular formula is C15H20BrN3OS. The van der Waals surface area contributed by atoms with Gasteiger partial charge in [0.15, 0.2) is 5.65 Å². The van der Waals surface area contributed by atoms with Gasteiger partial charge in [0.2, 0.25) is 0 Å². The molecule has 2 rings (SSSR count). The molecule has 0 N–H and O–H groups in total. The number of fused-ring (bicyclic) bond motifs is 1. The maximum Gasteiger partial charge on any atom is 0.151 e. The zero-order valence-corrected chi connectivity index (χ0v) is 15.3. The van der Waals surface area contributed by atoms with Crippen molar-refractivity contribution in [1.29, 1.82) is 0 Å². The smallest absolute Gasteiger partial charge is 0.151 e. The summed E-state index contributed by atoms with van der Waals surface area (Å²) in [4.78, 5) is 4.50. The normalized spacial score (nSPS) is 14.4. The lowest BCUT2D eigenvalue weighted by molar-refractivity contribution is 0.651. The van der Waals surface area contributed by atoms with E-state index in [0.717, 1.165) is 10.1 Å². The van der Waals surface area contributed by atoms with Crippen LogP contribution in [0.2, 0.25) is 0 Å². The molecule has 2 heterocycles. The van der Waals surface area contributed by atoms with Gasteiger partial charge in [0.05, 0.1) is 15.4 Å². The maximum absolute atomic E-state index is 11.9. The fourth-order valence-electron chi connectivity index (χ4n) is 1.73. The number of halogens is 1. The molecule has 0 aliphatic rings. The minimum atomic E-state index is -1.27. The first-order valence-electron chi connectivity index (χ1n) is 6.82. The van der Waals surface area contributed by atoms with Crippen LogP contribution in [0.4, 0.5) is 0 Å². The second kappa shape index (κ2) is 6.01. The highest BCUT2D eigenvalue weighted by atomic mass is 79.9. The van der Waals surface area contributed by atoms with E-state index in [0.29, 0.717) is 11.6 Å². The summed E-state index contributed by atoms with van der Waals surface area (Å²) in [5.74, 6) is 0.443. The summed E-state index contributed by atoms with van der Waals surface area (Å²) in [7, 11) is -1.27. The van der Waals surface area contributed by atoms with E-state index < -0.39 is 11.0 Å². The summed E-state index contributed by atoms with van der Waals surface area (Å²) in [5, 5.41) is 0. The first-order valence-corrected chi connectivity index (χ1v) is 8.72. The monoisotopic (exact) mass is 369 g/mol. The van der Waals surface area contributed by atoms with Crippen molar-refractivity contribution in [2.75, 3.05) is 0 Å². The second-order valence-electron chi connectivity index (χ2n) is 6.27. The van der Waals surface area contributed by atoms with Crippen LogP contribution >= 0.6 is 15.9 Å². The second-order valence-corrected chi connectivity index (χ2v) is 9.06. The summed E-state index contributed by atoms with van der Waals surface area (Å²) in [6.07, 6.45) is 5.54. The SMILES string of the molecule is CC(C)c1cc(Br)c2nc(C=N[S@](=O)C(C)(C)C)cn2c1. The Kier molecular flexibility index (Phi) is 4.68. The highest BCUT2D eigenvalue weighted by Gasteiger charge is 2.18. The van der Waals surface area contributed by atoms with Gasteiger partial charge in [-0.1, -0.05) is 13.8 Å². The van der Waals surface area contributed by atoms with Crippen LogP contribution in [0, 0.1) is 0 Å². The van der Waals surface area contributed by atoms with Crippen molar-refractivity contribution in [3.63, 3.8) is 0 Å². The van der Waals surface area contributed by atoms with Crippen LogP contribution < -0.4 is 0 Å². The van der Waals surface area contributed by atoms with Crippen molar-refractivity contribution in [2.24, 2.45) is 4.40 Å². The van der Waals surface area contributed by atoms with Gasteiger partial charge in [-0.3, -0.25) is 0 Å². The highest BCUT2D eigenvalue weighted by Crippen LogP contribution is 2.23. The van der Waals surface area contributed by atoms with Crippen molar-refractivity contribution in [3.8, 4) is 0 Å². The Hall–Kier alpha value is -1.01. The summed E-state index contributed by atoms with van der Waals surface area (Å²) >= 11 is 3.55. The van der Waals surface area contributed by atoms with Crippen LogP contribution in [-0.2, 0) is 11.0 Å². The lowest BCUT2D eigenvalue weighted by atomic mass is 10.1. The average molecular weight is 370 g/mol. The molecule has 2 aromatic heterocycles. The number of aromatic nitrogens is 2. The predicted octanol–water partition coefficient (Wildman–Crippen LogP) is 4.10. The summed E-state index contributed by atoms with van der Waals surface area (Å²) in [6.45, 7) is 10.00. The van der Waals surface area contributed by atoms with Gasteiger partial charge >= 0.3 is 0 Å². The highest BCUT2D eigenvalue weighted by molar-refractivity contribution is 9.10. The topological polar surface area (TPSA) is 46.7 Å². The first-order chi connectivity index (χ1) is 9.68. The zero-order valence-electron chi connectivity index (χ0n) is 12.9. The van der Waals surface area contributed by atoms with Gasteiger partial charge in [-0.15, -0.1) is 0 Å². The van der Waals surface area contributed by atoms with Crippen LogP contribution in [0.15, 0.2) is 27.3 Å². The number of hydrogen-bond acceptors (Lipinski definition) is 2. The zero-order chi connectivity index (χ0) is 15.8. The van der Waals surface area contributed by atoms with Gasteiger partial charge in [0.25, 0.3) is 0 Å². The van der Waals surface area contributed by atoms with E-state index >= 15 is 0 Å². The molecule has 0 aliphatic heterocycles. The third-order valence-corrected chi connectivity index (χ3v) is 4.95. The van der Waals surface area contributed by atoms with Gasteiger partial charge < -0.3 is 4.40 Å². The molecule has 114 valence electrons. The number of imidazole rings is 1. The molecule has 0 radical (unpaired) electrons. The molecule has 2 aromatic rings. The van der Waals surface area contributed by atoms with E-state index in [4.69, 9.17) is 0 Å². The standard InChI is InChI=1S/C15H20BrN3OS/c1-10(2)11-6-13(16)14-18-12(9-19(14)8-11)7-17-21(20)15(3,4)5/h6-10H,1-5H3/t21-/m1/s1. The van der Waals surface area contributed by atoms with Crippen LogP contribution in [0.25, 0.3) is 5.65 Å². The van der Waals surface area contributed by atoms with Crippen molar-refractivity contribution in [2.45, 2.75) is 45.3 Å². The van der Waals surface area contributed by atoms with Crippen molar-refractivity contribution < 1.29 is 4.21 Å². The number of pyridine rings is 1. The van der Waals surface area contributed by atoms with Gasteiger partial charge in [-0.05, 0) is 54.2 Å². The summed E-state index contributed by atoms with van der Waals surface area (Å²) in [6, 6.07) is 2.08.